The number of allylic oxidation sites excluding steroid dienone is 3. The maximum atomic E-state index is 5.78. The van der Waals surface area contributed by atoms with E-state index in [1.54, 1.807) is 6.20 Å². The highest BCUT2D eigenvalue weighted by molar-refractivity contribution is 5.34. The lowest BCUT2D eigenvalue weighted by atomic mass is 10.1. The number of aryl methyl sites for hydroxylation is 1. The van der Waals surface area contributed by atoms with Crippen molar-refractivity contribution in [1.29, 1.82) is 0 Å². The van der Waals surface area contributed by atoms with E-state index in [0.29, 0.717) is 6.61 Å². The van der Waals surface area contributed by atoms with Gasteiger partial charge >= 0.3 is 0 Å². The van der Waals surface area contributed by atoms with Crippen LogP contribution in [-0.2, 0) is 4.74 Å². The van der Waals surface area contributed by atoms with Gasteiger partial charge in [0.2, 0.25) is 5.95 Å². The van der Waals surface area contributed by atoms with Gasteiger partial charge in [-0.05, 0) is 25.5 Å². The molecule has 4 heteroatoms. The van der Waals surface area contributed by atoms with Crippen molar-refractivity contribution in [3.63, 3.8) is 0 Å². The van der Waals surface area contributed by atoms with Crippen LogP contribution in [0.3, 0.4) is 0 Å². The van der Waals surface area contributed by atoms with Crippen LogP contribution in [0.5, 0.6) is 0 Å². The summed E-state index contributed by atoms with van der Waals surface area (Å²) in [4.78, 5) is 10.9. The molecular formula is C16H21N3O. The Balaban J connectivity index is 2.03. The summed E-state index contributed by atoms with van der Waals surface area (Å²) < 4.78 is 5.78. The number of rotatable bonds is 4. The van der Waals surface area contributed by atoms with Crippen LogP contribution in [0.15, 0.2) is 48.7 Å². The Bertz CT molecular complexity index is 522. The van der Waals surface area contributed by atoms with Crippen molar-refractivity contribution in [2.24, 2.45) is 0 Å². The van der Waals surface area contributed by atoms with Crippen molar-refractivity contribution >= 4 is 5.95 Å². The summed E-state index contributed by atoms with van der Waals surface area (Å²) in [6, 6.07) is 1.90. The molecule has 0 N–H and O–H groups in total. The summed E-state index contributed by atoms with van der Waals surface area (Å²) in [7, 11) is 0. The molecule has 2 heterocycles. The van der Waals surface area contributed by atoms with Crippen LogP contribution in [-0.4, -0.2) is 35.8 Å². The van der Waals surface area contributed by atoms with Gasteiger partial charge in [-0.2, -0.15) is 0 Å². The van der Waals surface area contributed by atoms with Crippen molar-refractivity contribution in [2.75, 3.05) is 24.6 Å². The highest BCUT2D eigenvalue weighted by atomic mass is 16.5. The van der Waals surface area contributed by atoms with Gasteiger partial charge in [0.25, 0.3) is 0 Å². The van der Waals surface area contributed by atoms with E-state index in [1.165, 1.54) is 0 Å². The van der Waals surface area contributed by atoms with E-state index in [9.17, 15) is 0 Å². The normalized spacial score (nSPS) is 19.9. The fraction of sp³-hybridized carbons (Fsp3) is 0.375. The molecule has 106 valence electrons. The SMILES string of the molecule is C=C(/C=C\C=C/C)C1CN(c2nccc(C)n2)CCO1. The Kier molecular flexibility index (Phi) is 5.07. The van der Waals surface area contributed by atoms with Crippen LogP contribution in [0.4, 0.5) is 5.95 Å². The summed E-state index contributed by atoms with van der Waals surface area (Å²) in [5.41, 5.74) is 1.95. The maximum Gasteiger partial charge on any atom is 0.225 e. The minimum absolute atomic E-state index is 0.00521. The monoisotopic (exact) mass is 271 g/mol. The predicted octanol–water partition coefficient (Wildman–Crippen LogP) is 2.68. The third kappa shape index (κ3) is 3.78. The van der Waals surface area contributed by atoms with E-state index in [4.69, 9.17) is 4.74 Å². The second-order valence-corrected chi connectivity index (χ2v) is 4.76. The first-order valence-corrected chi connectivity index (χ1v) is 6.85. The van der Waals surface area contributed by atoms with E-state index in [-0.39, 0.29) is 6.10 Å². The number of anilines is 1. The van der Waals surface area contributed by atoms with Crippen LogP contribution in [0.1, 0.15) is 12.6 Å². The highest BCUT2D eigenvalue weighted by Gasteiger charge is 2.23. The standard InChI is InChI=1S/C16H21N3O/c1-4-5-6-7-13(2)15-12-19(10-11-20-15)16-17-9-8-14(3)18-16/h4-9,15H,2,10-12H2,1,3H3/b5-4-,7-6-. The highest BCUT2D eigenvalue weighted by Crippen LogP contribution is 2.17. The third-order valence-electron chi connectivity index (χ3n) is 3.16. The van der Waals surface area contributed by atoms with Gasteiger partial charge in [0.15, 0.2) is 0 Å². The molecule has 4 nitrogen and oxygen atoms in total. The predicted molar refractivity (Wildman–Crippen MR) is 81.8 cm³/mol. The lowest BCUT2D eigenvalue weighted by Gasteiger charge is -2.33. The number of hydrogen-bond acceptors (Lipinski definition) is 4. The van der Waals surface area contributed by atoms with Crippen molar-refractivity contribution in [1.82, 2.24) is 9.97 Å². The van der Waals surface area contributed by atoms with E-state index in [1.807, 2.05) is 44.2 Å². The zero-order valence-corrected chi connectivity index (χ0v) is 12.1. The van der Waals surface area contributed by atoms with Crippen molar-refractivity contribution in [3.8, 4) is 0 Å². The fourth-order valence-corrected chi connectivity index (χ4v) is 2.04. The van der Waals surface area contributed by atoms with Gasteiger partial charge in [-0.25, -0.2) is 9.97 Å². The summed E-state index contributed by atoms with van der Waals surface area (Å²) in [6.07, 6.45) is 9.73. The smallest absolute Gasteiger partial charge is 0.225 e. The molecule has 0 radical (unpaired) electrons. The van der Waals surface area contributed by atoms with Gasteiger partial charge in [0.1, 0.15) is 0 Å². The van der Waals surface area contributed by atoms with Gasteiger partial charge in [0, 0.05) is 18.4 Å². The van der Waals surface area contributed by atoms with Crippen LogP contribution in [0, 0.1) is 6.92 Å². The van der Waals surface area contributed by atoms with Crippen LogP contribution in [0.2, 0.25) is 0 Å². The summed E-state index contributed by atoms with van der Waals surface area (Å²) >= 11 is 0. The molecule has 1 saturated heterocycles. The first-order valence-electron chi connectivity index (χ1n) is 6.85. The maximum absolute atomic E-state index is 5.78. The number of aromatic nitrogens is 2. The van der Waals surface area contributed by atoms with E-state index in [0.717, 1.165) is 30.3 Å². The topological polar surface area (TPSA) is 38.2 Å². The van der Waals surface area contributed by atoms with Gasteiger partial charge < -0.3 is 9.64 Å². The molecule has 0 aliphatic carbocycles. The zero-order chi connectivity index (χ0) is 14.4. The molecular weight excluding hydrogens is 250 g/mol. The molecule has 0 spiro atoms. The molecule has 1 aliphatic rings. The summed E-state index contributed by atoms with van der Waals surface area (Å²) in [5.74, 6) is 0.767. The molecule has 0 aromatic carbocycles. The Labute approximate surface area is 120 Å². The Hall–Kier alpha value is -1.94. The average Bonchev–Trinajstić information content (AvgIpc) is 2.47. The Morgan fingerprint density at radius 3 is 3.10 bits per heavy atom. The summed E-state index contributed by atoms with van der Waals surface area (Å²) in [6.45, 7) is 10.3. The van der Waals surface area contributed by atoms with Crippen LogP contribution < -0.4 is 4.90 Å². The van der Waals surface area contributed by atoms with Gasteiger partial charge in [-0.3, -0.25) is 0 Å². The molecule has 2 rings (SSSR count). The molecule has 1 aromatic heterocycles. The lowest BCUT2D eigenvalue weighted by Crippen LogP contribution is -2.43. The summed E-state index contributed by atoms with van der Waals surface area (Å²) in [5, 5.41) is 0. The Morgan fingerprint density at radius 1 is 1.50 bits per heavy atom. The molecule has 1 unspecified atom stereocenters. The molecule has 20 heavy (non-hydrogen) atoms. The first kappa shape index (κ1) is 14.5. The first-order chi connectivity index (χ1) is 9.70. The second-order valence-electron chi connectivity index (χ2n) is 4.76. The van der Waals surface area contributed by atoms with E-state index in [2.05, 4.69) is 21.4 Å². The minimum atomic E-state index is -0.00521. The molecule has 1 fully saturated rings. The number of hydrogen-bond donors (Lipinski definition) is 0. The number of ether oxygens (including phenoxy) is 1. The zero-order valence-electron chi connectivity index (χ0n) is 12.1. The molecule has 0 saturated carbocycles. The Morgan fingerprint density at radius 2 is 2.35 bits per heavy atom. The third-order valence-corrected chi connectivity index (χ3v) is 3.16. The average molecular weight is 271 g/mol. The molecule has 0 amide bonds. The van der Waals surface area contributed by atoms with Crippen molar-refractivity contribution in [2.45, 2.75) is 20.0 Å². The van der Waals surface area contributed by atoms with Gasteiger partial charge in [-0.15, -0.1) is 0 Å². The van der Waals surface area contributed by atoms with Gasteiger partial charge in [-0.1, -0.05) is 30.9 Å². The lowest BCUT2D eigenvalue weighted by molar-refractivity contribution is 0.0660. The van der Waals surface area contributed by atoms with Crippen molar-refractivity contribution < 1.29 is 4.74 Å². The number of nitrogens with zero attached hydrogens (tertiary/aromatic N) is 3. The molecule has 1 aliphatic heterocycles. The van der Waals surface area contributed by atoms with Gasteiger partial charge in [0.05, 0.1) is 19.3 Å². The number of morpholine rings is 1. The minimum Gasteiger partial charge on any atom is -0.370 e. The molecule has 1 atom stereocenters. The van der Waals surface area contributed by atoms with Crippen molar-refractivity contribution in [3.05, 3.63) is 54.4 Å². The molecule has 1 aromatic rings. The van der Waals surface area contributed by atoms with E-state index >= 15 is 0 Å². The fourth-order valence-electron chi connectivity index (χ4n) is 2.04. The second kappa shape index (κ2) is 7.01. The molecule has 0 bridgehead atoms. The van der Waals surface area contributed by atoms with Crippen LogP contribution >= 0.6 is 0 Å². The largest absolute Gasteiger partial charge is 0.370 e. The quantitative estimate of drug-likeness (QED) is 0.789. The van der Waals surface area contributed by atoms with Crippen LogP contribution in [0.25, 0.3) is 0 Å². The van der Waals surface area contributed by atoms with E-state index < -0.39 is 0 Å².